The number of amides is 1. The van der Waals surface area contributed by atoms with Gasteiger partial charge in [-0.25, -0.2) is 13.2 Å². The highest BCUT2D eigenvalue weighted by Gasteiger charge is 2.31. The molecule has 4 rings (SSSR count). The van der Waals surface area contributed by atoms with Crippen LogP contribution in [0.2, 0.25) is 0 Å². The average molecular weight is 538 g/mol. The number of aryl methyl sites for hydroxylation is 1. The first-order valence-corrected chi connectivity index (χ1v) is 13.6. The Kier molecular flexibility index (Phi) is 8.53. The Morgan fingerprint density at radius 1 is 0.744 bits per heavy atom. The van der Waals surface area contributed by atoms with Gasteiger partial charge in [-0.15, -0.1) is 0 Å². The van der Waals surface area contributed by atoms with Crippen LogP contribution in [0.5, 0.6) is 0 Å². The van der Waals surface area contributed by atoms with Gasteiger partial charge in [-0.2, -0.15) is 4.31 Å². The van der Waals surface area contributed by atoms with E-state index in [0.29, 0.717) is 9.88 Å². The molecule has 0 atom stereocenters. The molecular formula is C32H27NO5S. The standard InChI is InChI=1S/C32H27NO5S/c1-24-18-20-29(21-19-24)39(36,37)33(28-16-10-5-11-17-28)31(34)23-30(25(2)22-26-12-6-3-7-13-26)38-32(35)27-14-8-4-9-15-27/h3-23H,1-2H3/b25-22+,30-23-. The van der Waals surface area contributed by atoms with E-state index in [1.165, 1.54) is 24.3 Å². The number of hydrogen-bond acceptors (Lipinski definition) is 5. The first-order chi connectivity index (χ1) is 18.8. The van der Waals surface area contributed by atoms with E-state index in [1.54, 1.807) is 73.7 Å². The van der Waals surface area contributed by atoms with Crippen molar-refractivity contribution in [3.63, 3.8) is 0 Å². The largest absolute Gasteiger partial charge is 0.422 e. The Morgan fingerprint density at radius 3 is 1.87 bits per heavy atom. The topological polar surface area (TPSA) is 80.8 Å². The van der Waals surface area contributed by atoms with Crippen molar-refractivity contribution in [1.82, 2.24) is 0 Å². The van der Waals surface area contributed by atoms with Crippen LogP contribution in [0.25, 0.3) is 6.08 Å². The number of benzene rings is 4. The van der Waals surface area contributed by atoms with E-state index in [-0.39, 0.29) is 21.9 Å². The molecule has 4 aromatic carbocycles. The Labute approximate surface area is 228 Å². The van der Waals surface area contributed by atoms with Crippen LogP contribution in [0, 0.1) is 6.92 Å². The second-order valence-electron chi connectivity index (χ2n) is 8.76. The van der Waals surface area contributed by atoms with Crippen molar-refractivity contribution in [2.45, 2.75) is 18.7 Å². The number of ether oxygens (including phenoxy) is 1. The average Bonchev–Trinajstić information content (AvgIpc) is 2.94. The van der Waals surface area contributed by atoms with Crippen LogP contribution < -0.4 is 4.31 Å². The summed E-state index contributed by atoms with van der Waals surface area (Å²) in [5, 5.41) is 0. The summed E-state index contributed by atoms with van der Waals surface area (Å²) in [4.78, 5) is 26.7. The highest BCUT2D eigenvalue weighted by Crippen LogP contribution is 2.26. The molecule has 0 saturated heterocycles. The lowest BCUT2D eigenvalue weighted by Gasteiger charge is -2.22. The number of carbonyl (C=O) groups is 2. The fourth-order valence-electron chi connectivity index (χ4n) is 3.76. The van der Waals surface area contributed by atoms with Crippen LogP contribution >= 0.6 is 0 Å². The number of anilines is 1. The number of para-hydroxylation sites is 1. The van der Waals surface area contributed by atoms with Crippen LogP contribution in [0.15, 0.2) is 138 Å². The van der Waals surface area contributed by atoms with Gasteiger partial charge < -0.3 is 4.74 Å². The molecule has 0 unspecified atom stereocenters. The van der Waals surface area contributed by atoms with Gasteiger partial charge in [0.1, 0.15) is 5.76 Å². The van der Waals surface area contributed by atoms with E-state index in [4.69, 9.17) is 4.74 Å². The van der Waals surface area contributed by atoms with Crippen molar-refractivity contribution in [2.75, 3.05) is 4.31 Å². The minimum Gasteiger partial charge on any atom is -0.422 e. The van der Waals surface area contributed by atoms with Gasteiger partial charge in [-0.3, -0.25) is 4.79 Å². The molecule has 196 valence electrons. The smallest absolute Gasteiger partial charge is 0.343 e. The van der Waals surface area contributed by atoms with Crippen molar-refractivity contribution in [2.24, 2.45) is 0 Å². The second-order valence-corrected chi connectivity index (χ2v) is 10.5. The van der Waals surface area contributed by atoms with Crippen LogP contribution in [0.3, 0.4) is 0 Å². The molecule has 0 N–H and O–H groups in total. The van der Waals surface area contributed by atoms with Gasteiger partial charge in [0.2, 0.25) is 0 Å². The Hall–Kier alpha value is -4.75. The summed E-state index contributed by atoms with van der Waals surface area (Å²) in [6.45, 7) is 3.53. The molecule has 0 aliphatic carbocycles. The maximum absolute atomic E-state index is 13.8. The predicted octanol–water partition coefficient (Wildman–Crippen LogP) is 6.56. The Bertz CT molecular complexity index is 1610. The number of carbonyl (C=O) groups excluding carboxylic acids is 2. The van der Waals surface area contributed by atoms with Gasteiger partial charge in [0.15, 0.2) is 0 Å². The highest BCUT2D eigenvalue weighted by molar-refractivity contribution is 7.93. The lowest BCUT2D eigenvalue weighted by atomic mass is 10.1. The first kappa shape index (κ1) is 27.3. The molecule has 0 bridgehead atoms. The molecule has 7 heteroatoms. The van der Waals surface area contributed by atoms with Crippen LogP contribution in [-0.4, -0.2) is 20.3 Å². The third-order valence-electron chi connectivity index (χ3n) is 5.79. The number of sulfonamides is 1. The third-order valence-corrected chi connectivity index (χ3v) is 7.53. The van der Waals surface area contributed by atoms with Gasteiger partial charge in [-0.1, -0.05) is 84.4 Å². The molecule has 0 saturated carbocycles. The summed E-state index contributed by atoms with van der Waals surface area (Å²) < 4.78 is 33.8. The number of esters is 1. The number of rotatable bonds is 8. The fourth-order valence-corrected chi connectivity index (χ4v) is 5.14. The molecular weight excluding hydrogens is 510 g/mol. The van der Waals surface area contributed by atoms with Gasteiger partial charge >= 0.3 is 5.97 Å². The van der Waals surface area contributed by atoms with Gasteiger partial charge in [0, 0.05) is 6.08 Å². The monoisotopic (exact) mass is 537 g/mol. The van der Waals surface area contributed by atoms with E-state index in [1.807, 2.05) is 37.3 Å². The molecule has 6 nitrogen and oxygen atoms in total. The summed E-state index contributed by atoms with van der Waals surface area (Å²) in [7, 11) is -4.30. The van der Waals surface area contributed by atoms with Crippen molar-refractivity contribution in [3.8, 4) is 0 Å². The molecule has 0 fully saturated rings. The zero-order chi connectivity index (χ0) is 27.8. The molecule has 0 aliphatic heterocycles. The third kappa shape index (κ3) is 6.77. The maximum atomic E-state index is 13.8. The van der Waals surface area contributed by atoms with Crippen LogP contribution in [-0.2, 0) is 19.6 Å². The molecule has 0 heterocycles. The van der Waals surface area contributed by atoms with Crippen LogP contribution in [0.1, 0.15) is 28.4 Å². The summed E-state index contributed by atoms with van der Waals surface area (Å²) in [5.74, 6) is -1.64. The molecule has 0 radical (unpaired) electrons. The normalized spacial score (nSPS) is 12.1. The fraction of sp³-hybridized carbons (Fsp3) is 0.0625. The quantitative estimate of drug-likeness (QED) is 0.110. The first-order valence-electron chi connectivity index (χ1n) is 12.2. The SMILES string of the molecule is CC(=C\c1ccccc1)/C(=C/C(=O)N(c1ccccc1)S(=O)(=O)c1ccc(C)cc1)OC(=O)c1ccccc1. The molecule has 0 aliphatic rings. The minimum absolute atomic E-state index is 0.0434. The number of allylic oxidation sites excluding steroid dienone is 1. The van der Waals surface area contributed by atoms with Crippen molar-refractivity contribution in [1.29, 1.82) is 0 Å². The molecule has 39 heavy (non-hydrogen) atoms. The van der Waals surface area contributed by atoms with Crippen molar-refractivity contribution < 1.29 is 22.7 Å². The van der Waals surface area contributed by atoms with Crippen molar-refractivity contribution >= 4 is 33.7 Å². The lowest BCUT2D eigenvalue weighted by Crippen LogP contribution is -2.36. The number of nitrogens with zero attached hydrogens (tertiary/aromatic N) is 1. The summed E-state index contributed by atoms with van der Waals surface area (Å²) in [6.07, 6.45) is 2.78. The van der Waals surface area contributed by atoms with Crippen LogP contribution in [0.4, 0.5) is 5.69 Å². The summed E-state index contributed by atoms with van der Waals surface area (Å²) in [6, 6.07) is 31.9. The minimum atomic E-state index is -4.30. The summed E-state index contributed by atoms with van der Waals surface area (Å²) >= 11 is 0. The van der Waals surface area contributed by atoms with E-state index in [0.717, 1.165) is 17.2 Å². The maximum Gasteiger partial charge on any atom is 0.343 e. The second kappa shape index (κ2) is 12.2. The molecule has 0 spiro atoms. The predicted molar refractivity (Wildman–Crippen MR) is 152 cm³/mol. The van der Waals surface area contributed by atoms with E-state index in [9.17, 15) is 18.0 Å². The molecule has 1 amide bonds. The number of hydrogen-bond donors (Lipinski definition) is 0. The Balaban J connectivity index is 1.81. The van der Waals surface area contributed by atoms with Gasteiger partial charge in [0.05, 0.1) is 16.1 Å². The van der Waals surface area contributed by atoms with E-state index >= 15 is 0 Å². The van der Waals surface area contributed by atoms with E-state index < -0.39 is 21.9 Å². The van der Waals surface area contributed by atoms with E-state index in [2.05, 4.69) is 0 Å². The summed E-state index contributed by atoms with van der Waals surface area (Å²) in [5.41, 5.74) is 2.59. The highest BCUT2D eigenvalue weighted by atomic mass is 32.2. The molecule has 0 aromatic heterocycles. The lowest BCUT2D eigenvalue weighted by molar-refractivity contribution is -0.113. The zero-order valence-electron chi connectivity index (χ0n) is 21.5. The van der Waals surface area contributed by atoms with Crippen molar-refractivity contribution in [3.05, 3.63) is 149 Å². The molecule has 4 aromatic rings. The zero-order valence-corrected chi connectivity index (χ0v) is 22.3. The van der Waals surface area contributed by atoms with Gasteiger partial charge in [0.25, 0.3) is 15.9 Å². The Morgan fingerprint density at radius 2 is 1.28 bits per heavy atom. The van der Waals surface area contributed by atoms with Gasteiger partial charge in [-0.05, 0) is 67.5 Å².